The number of rotatable bonds is 9. The van der Waals surface area contributed by atoms with Gasteiger partial charge < -0.3 is 4.74 Å². The molecule has 0 aliphatic carbocycles. The molecule has 0 aromatic heterocycles. The molecule has 0 saturated carbocycles. The molecule has 0 fully saturated rings. The van der Waals surface area contributed by atoms with Crippen LogP contribution in [0.15, 0.2) is 4.36 Å². The van der Waals surface area contributed by atoms with Crippen LogP contribution in [0.4, 0.5) is 0 Å². The van der Waals surface area contributed by atoms with Gasteiger partial charge in [-0.15, -0.1) is 0 Å². The number of carbonyl (C=O) groups is 1. The van der Waals surface area contributed by atoms with E-state index >= 15 is 0 Å². The third-order valence-electron chi connectivity index (χ3n) is 1.95. The van der Waals surface area contributed by atoms with Gasteiger partial charge in [0.15, 0.2) is 0 Å². The summed E-state index contributed by atoms with van der Waals surface area (Å²) < 4.78 is 8.17. The minimum absolute atomic E-state index is 0.00513. The maximum atomic E-state index is 10.8. The number of ether oxygens (including phenoxy) is 1. The summed E-state index contributed by atoms with van der Waals surface area (Å²) in [4.78, 5) is 10.8. The molecule has 0 radical (unpaired) electrons. The molecule has 0 spiro atoms. The first-order valence-corrected chi connectivity index (χ1v) is 5.62. The molecule has 0 unspecified atom stereocenters. The molecule has 0 heterocycles. The third-order valence-corrected chi connectivity index (χ3v) is 2.08. The molecule has 0 aromatic carbocycles. The van der Waals surface area contributed by atoms with Gasteiger partial charge in [0.1, 0.15) is 6.54 Å². The summed E-state index contributed by atoms with van der Waals surface area (Å²) in [5.74, 6) is -0.312. The Morgan fingerprint density at radius 2 is 1.86 bits per heavy atom. The Hall–Kier alpha value is -0.510. The maximum Gasteiger partial charge on any atom is 0.328 e. The van der Waals surface area contributed by atoms with Crippen LogP contribution in [-0.4, -0.2) is 19.1 Å². The number of hydrogen-bond donors (Lipinski definition) is 0. The van der Waals surface area contributed by atoms with Crippen LogP contribution in [0.1, 0.15) is 45.4 Å². The smallest absolute Gasteiger partial charge is 0.328 e. The second-order valence-electron chi connectivity index (χ2n) is 3.28. The average molecular weight is 217 g/mol. The molecular formula is C10H19NO2S. The minimum Gasteiger partial charge on any atom is -0.464 e. The van der Waals surface area contributed by atoms with Crippen LogP contribution in [-0.2, 0) is 22.0 Å². The fraction of sp³-hybridized carbons (Fsp3) is 0.900. The Balaban J connectivity index is 3.05. The monoisotopic (exact) mass is 217 g/mol. The lowest BCUT2D eigenvalue weighted by Crippen LogP contribution is -2.08. The van der Waals surface area contributed by atoms with Crippen molar-refractivity contribution < 1.29 is 9.53 Å². The van der Waals surface area contributed by atoms with E-state index in [0.717, 1.165) is 12.8 Å². The Bertz CT molecular complexity index is 162. The van der Waals surface area contributed by atoms with E-state index in [2.05, 4.69) is 23.7 Å². The lowest BCUT2D eigenvalue weighted by Gasteiger charge is -2.02. The van der Waals surface area contributed by atoms with Crippen molar-refractivity contribution in [3.05, 3.63) is 0 Å². The third kappa shape index (κ3) is 9.58. The number of carbonyl (C=O) groups excluding carboxylic acids is 1. The first-order chi connectivity index (χ1) is 6.81. The molecule has 0 N–H and O–H groups in total. The van der Waals surface area contributed by atoms with Crippen LogP contribution in [0, 0.1) is 0 Å². The molecule has 4 heteroatoms. The minimum atomic E-state index is -0.312. The van der Waals surface area contributed by atoms with E-state index in [-0.39, 0.29) is 12.5 Å². The van der Waals surface area contributed by atoms with Crippen molar-refractivity contribution >= 4 is 18.4 Å². The zero-order valence-corrected chi connectivity index (χ0v) is 9.65. The van der Waals surface area contributed by atoms with Crippen molar-refractivity contribution in [2.75, 3.05) is 13.2 Å². The van der Waals surface area contributed by atoms with Crippen LogP contribution >= 0.6 is 0 Å². The fourth-order valence-corrected chi connectivity index (χ4v) is 1.27. The van der Waals surface area contributed by atoms with Gasteiger partial charge in [0.2, 0.25) is 0 Å². The molecule has 0 saturated heterocycles. The van der Waals surface area contributed by atoms with Crippen LogP contribution < -0.4 is 0 Å². The highest BCUT2D eigenvalue weighted by Gasteiger charge is 1.99. The zero-order valence-electron chi connectivity index (χ0n) is 8.83. The average Bonchev–Trinajstić information content (AvgIpc) is 2.17. The number of hydrogen-bond acceptors (Lipinski definition) is 4. The van der Waals surface area contributed by atoms with E-state index in [1.807, 2.05) is 0 Å². The molecule has 0 aliphatic heterocycles. The summed E-state index contributed by atoms with van der Waals surface area (Å²) in [7, 11) is 0. The van der Waals surface area contributed by atoms with Crippen LogP contribution in [0.5, 0.6) is 0 Å². The van der Waals surface area contributed by atoms with Gasteiger partial charge in [-0.1, -0.05) is 39.0 Å². The topological polar surface area (TPSA) is 38.7 Å². The molecule has 0 aromatic rings. The highest BCUT2D eigenvalue weighted by atomic mass is 32.1. The van der Waals surface area contributed by atoms with E-state index < -0.39 is 0 Å². The molecule has 3 nitrogen and oxygen atoms in total. The van der Waals surface area contributed by atoms with Crippen molar-refractivity contribution in [2.24, 2.45) is 4.36 Å². The Labute approximate surface area is 91.4 Å². The summed E-state index contributed by atoms with van der Waals surface area (Å²) in [5, 5.41) is 0. The van der Waals surface area contributed by atoms with Crippen molar-refractivity contribution in [3.63, 3.8) is 0 Å². The Morgan fingerprint density at radius 1 is 1.21 bits per heavy atom. The first-order valence-electron chi connectivity index (χ1n) is 5.26. The van der Waals surface area contributed by atoms with Gasteiger partial charge in [0.25, 0.3) is 0 Å². The van der Waals surface area contributed by atoms with Gasteiger partial charge in [-0.05, 0) is 6.42 Å². The van der Waals surface area contributed by atoms with Crippen LogP contribution in [0.3, 0.4) is 0 Å². The van der Waals surface area contributed by atoms with Gasteiger partial charge >= 0.3 is 5.97 Å². The molecule has 0 bridgehead atoms. The van der Waals surface area contributed by atoms with Crippen molar-refractivity contribution in [1.29, 1.82) is 0 Å². The SMILES string of the molecule is CCCCCCCCOC(=O)CN=S. The molecule has 82 valence electrons. The lowest BCUT2D eigenvalue weighted by molar-refractivity contribution is -0.141. The van der Waals surface area contributed by atoms with Gasteiger partial charge in [-0.2, -0.15) is 0 Å². The van der Waals surface area contributed by atoms with Gasteiger partial charge in [0, 0.05) is 12.4 Å². The standard InChI is InChI=1S/C10H19NO2S/c1-2-3-4-5-6-7-8-13-10(12)9-11-14/h2-9H2,1H3. The lowest BCUT2D eigenvalue weighted by atomic mass is 10.1. The highest BCUT2D eigenvalue weighted by Crippen LogP contribution is 2.04. The highest BCUT2D eigenvalue weighted by molar-refractivity contribution is 7.47. The summed E-state index contributed by atoms with van der Waals surface area (Å²) in [6.07, 6.45) is 7.16. The molecular weight excluding hydrogens is 198 g/mol. The van der Waals surface area contributed by atoms with Gasteiger partial charge in [0.05, 0.1) is 6.61 Å². The largest absolute Gasteiger partial charge is 0.464 e. The Kier molecular flexibility index (Phi) is 10.2. The molecule has 0 rings (SSSR count). The van der Waals surface area contributed by atoms with Crippen molar-refractivity contribution in [3.8, 4) is 0 Å². The zero-order chi connectivity index (χ0) is 10.6. The number of esters is 1. The maximum absolute atomic E-state index is 10.8. The summed E-state index contributed by atoms with van der Waals surface area (Å²) in [5.41, 5.74) is 0. The normalized spacial score (nSPS) is 9.79. The van der Waals surface area contributed by atoms with E-state index in [1.54, 1.807) is 0 Å². The van der Waals surface area contributed by atoms with Crippen molar-refractivity contribution in [1.82, 2.24) is 0 Å². The summed E-state index contributed by atoms with van der Waals surface area (Å²) in [6, 6.07) is 0. The second-order valence-corrected chi connectivity index (χ2v) is 3.53. The van der Waals surface area contributed by atoms with E-state index in [0.29, 0.717) is 6.61 Å². The Morgan fingerprint density at radius 3 is 2.50 bits per heavy atom. The molecule has 0 aliphatic rings. The summed E-state index contributed by atoms with van der Waals surface area (Å²) >= 11 is 4.30. The molecule has 0 atom stereocenters. The first kappa shape index (κ1) is 13.5. The van der Waals surface area contributed by atoms with Crippen molar-refractivity contribution in [2.45, 2.75) is 45.4 Å². The van der Waals surface area contributed by atoms with Crippen LogP contribution in [0.2, 0.25) is 0 Å². The fourth-order valence-electron chi connectivity index (χ4n) is 1.17. The predicted octanol–water partition coefficient (Wildman–Crippen LogP) is 2.62. The van der Waals surface area contributed by atoms with Gasteiger partial charge in [-0.25, -0.2) is 4.36 Å². The second kappa shape index (κ2) is 10.6. The van der Waals surface area contributed by atoms with Crippen LogP contribution in [0.25, 0.3) is 0 Å². The quantitative estimate of drug-likeness (QED) is 0.440. The van der Waals surface area contributed by atoms with E-state index in [4.69, 9.17) is 4.74 Å². The predicted molar refractivity (Wildman–Crippen MR) is 59.0 cm³/mol. The number of unbranched alkanes of at least 4 members (excludes halogenated alkanes) is 5. The van der Waals surface area contributed by atoms with Gasteiger partial charge in [-0.3, -0.25) is 4.79 Å². The summed E-state index contributed by atoms with van der Waals surface area (Å²) in [6.45, 7) is 2.71. The van der Waals surface area contributed by atoms with E-state index in [9.17, 15) is 4.79 Å². The number of nitrogens with zero attached hydrogens (tertiary/aromatic N) is 1. The van der Waals surface area contributed by atoms with E-state index in [1.165, 1.54) is 25.7 Å². The molecule has 14 heavy (non-hydrogen) atoms. The molecule has 0 amide bonds.